The molecule has 1 aliphatic carbocycles. The third-order valence-electron chi connectivity index (χ3n) is 5.26. The third kappa shape index (κ3) is 4.99. The number of aromatic nitrogens is 4. The van der Waals surface area contributed by atoms with E-state index in [-0.39, 0.29) is 12.0 Å². The molecule has 1 amide bonds. The van der Waals surface area contributed by atoms with Gasteiger partial charge in [-0.1, -0.05) is 5.21 Å². The number of hydrogen-bond donors (Lipinski definition) is 1. The van der Waals surface area contributed by atoms with Crippen molar-refractivity contribution >= 4 is 5.91 Å². The maximum Gasteiger partial charge on any atom is 0.416 e. The van der Waals surface area contributed by atoms with E-state index in [1.807, 2.05) is 0 Å². The molecule has 1 atom stereocenters. The highest BCUT2D eigenvalue weighted by atomic mass is 19.4. The van der Waals surface area contributed by atoms with Gasteiger partial charge in [-0.3, -0.25) is 4.79 Å². The van der Waals surface area contributed by atoms with Gasteiger partial charge in [0, 0.05) is 6.20 Å². The molecule has 1 aliphatic rings. The molecule has 1 aromatic carbocycles. The van der Waals surface area contributed by atoms with Gasteiger partial charge in [-0.2, -0.15) is 26.6 Å². The van der Waals surface area contributed by atoms with Crippen molar-refractivity contribution in [1.29, 1.82) is 0 Å². The number of hydrogen-bond acceptors (Lipinski definition) is 4. The molecule has 0 saturated heterocycles. The molecule has 33 heavy (non-hydrogen) atoms. The standard InChI is InChI=1S/C21H17F6N5O/c22-14-8-12(7-13(10-14)21(25,26)27)6-11-4-5-28-17(9-11)32-16-3-1-2-15(18(16)30-31-32)29-20(33)19(23)24/h4-5,7-10,15,19H,1-3,6H2,(H,29,33). The van der Waals surface area contributed by atoms with Crippen molar-refractivity contribution in [2.75, 3.05) is 0 Å². The first kappa shape index (κ1) is 22.7. The second-order valence-electron chi connectivity index (χ2n) is 7.63. The van der Waals surface area contributed by atoms with E-state index in [1.54, 1.807) is 12.1 Å². The summed E-state index contributed by atoms with van der Waals surface area (Å²) in [4.78, 5) is 15.6. The lowest BCUT2D eigenvalue weighted by atomic mass is 9.95. The lowest BCUT2D eigenvalue weighted by Gasteiger charge is -2.22. The highest BCUT2D eigenvalue weighted by Crippen LogP contribution is 2.32. The highest BCUT2D eigenvalue weighted by Gasteiger charge is 2.32. The SMILES string of the molecule is O=C(NC1CCCc2c1nnn2-c1cc(Cc2cc(F)cc(C(F)(F)F)c2)ccn1)C(F)F. The van der Waals surface area contributed by atoms with Gasteiger partial charge in [-0.15, -0.1) is 5.10 Å². The Hall–Kier alpha value is -3.44. The molecule has 0 radical (unpaired) electrons. The molecule has 2 heterocycles. The number of carbonyl (C=O) groups is 1. The van der Waals surface area contributed by atoms with E-state index in [9.17, 15) is 31.1 Å². The molecule has 174 valence electrons. The van der Waals surface area contributed by atoms with Crippen molar-refractivity contribution in [1.82, 2.24) is 25.3 Å². The Bertz CT molecular complexity index is 1180. The van der Waals surface area contributed by atoms with Gasteiger partial charge in [0.05, 0.1) is 17.3 Å². The van der Waals surface area contributed by atoms with Crippen LogP contribution >= 0.6 is 0 Å². The number of carbonyl (C=O) groups excluding carboxylic acids is 1. The molecular formula is C21H17F6N5O. The van der Waals surface area contributed by atoms with E-state index in [2.05, 4.69) is 20.6 Å². The Morgan fingerprint density at radius 2 is 1.97 bits per heavy atom. The largest absolute Gasteiger partial charge is 0.416 e. The van der Waals surface area contributed by atoms with Crippen molar-refractivity contribution in [2.45, 2.75) is 44.3 Å². The number of amides is 1. The highest BCUT2D eigenvalue weighted by molar-refractivity contribution is 5.79. The molecule has 6 nitrogen and oxygen atoms in total. The van der Waals surface area contributed by atoms with E-state index >= 15 is 0 Å². The Balaban J connectivity index is 1.60. The molecule has 0 fully saturated rings. The lowest BCUT2D eigenvalue weighted by Crippen LogP contribution is -2.35. The monoisotopic (exact) mass is 469 g/mol. The second kappa shape index (κ2) is 8.83. The van der Waals surface area contributed by atoms with Crippen molar-refractivity contribution in [3.63, 3.8) is 0 Å². The van der Waals surface area contributed by atoms with Gasteiger partial charge >= 0.3 is 12.6 Å². The quantitative estimate of drug-likeness (QED) is 0.570. The number of halogens is 6. The van der Waals surface area contributed by atoms with Gasteiger partial charge in [0.2, 0.25) is 0 Å². The molecule has 3 aromatic rings. The van der Waals surface area contributed by atoms with E-state index < -0.39 is 35.9 Å². The van der Waals surface area contributed by atoms with Gasteiger partial charge < -0.3 is 5.32 Å². The van der Waals surface area contributed by atoms with Crippen LogP contribution in [-0.4, -0.2) is 32.3 Å². The molecule has 0 saturated carbocycles. The summed E-state index contributed by atoms with van der Waals surface area (Å²) in [5, 5.41) is 10.3. The number of alkyl halides is 5. The van der Waals surface area contributed by atoms with Crippen LogP contribution in [0.4, 0.5) is 26.3 Å². The minimum atomic E-state index is -4.67. The van der Waals surface area contributed by atoms with Crippen LogP contribution in [0.1, 0.15) is 47.0 Å². The molecule has 0 spiro atoms. The van der Waals surface area contributed by atoms with Crippen molar-refractivity contribution < 1.29 is 31.1 Å². The minimum Gasteiger partial charge on any atom is -0.343 e. The number of nitrogens with one attached hydrogen (secondary N) is 1. The summed E-state index contributed by atoms with van der Waals surface area (Å²) in [7, 11) is 0. The first-order valence-corrected chi connectivity index (χ1v) is 9.97. The van der Waals surface area contributed by atoms with Crippen LogP contribution in [0.25, 0.3) is 5.82 Å². The van der Waals surface area contributed by atoms with E-state index in [4.69, 9.17) is 0 Å². The Kier molecular flexibility index (Phi) is 6.09. The summed E-state index contributed by atoms with van der Waals surface area (Å²) in [6, 6.07) is 4.80. The number of benzene rings is 1. The van der Waals surface area contributed by atoms with E-state index in [0.717, 1.165) is 12.1 Å². The number of nitrogens with zero attached hydrogens (tertiary/aromatic N) is 4. The predicted octanol–water partition coefficient (Wildman–Crippen LogP) is 4.17. The molecule has 12 heteroatoms. The summed E-state index contributed by atoms with van der Waals surface area (Å²) in [6.07, 6.45) is -4.83. The fourth-order valence-electron chi connectivity index (χ4n) is 3.83. The maximum atomic E-state index is 13.7. The molecule has 0 bridgehead atoms. The third-order valence-corrected chi connectivity index (χ3v) is 5.26. The number of rotatable bonds is 5. The van der Waals surface area contributed by atoms with Gasteiger partial charge in [0.1, 0.15) is 11.5 Å². The van der Waals surface area contributed by atoms with Gasteiger partial charge in [-0.25, -0.2) is 9.37 Å². The zero-order valence-electron chi connectivity index (χ0n) is 16.9. The zero-order chi connectivity index (χ0) is 23.8. The topological polar surface area (TPSA) is 72.7 Å². The van der Waals surface area contributed by atoms with Crippen LogP contribution in [0.5, 0.6) is 0 Å². The molecule has 0 aliphatic heterocycles. The Labute approximate surface area is 183 Å². The summed E-state index contributed by atoms with van der Waals surface area (Å²) < 4.78 is 79.3. The average molecular weight is 469 g/mol. The molecular weight excluding hydrogens is 452 g/mol. The fourth-order valence-corrected chi connectivity index (χ4v) is 3.83. The van der Waals surface area contributed by atoms with E-state index in [1.165, 1.54) is 10.9 Å². The van der Waals surface area contributed by atoms with Gasteiger partial charge in [0.25, 0.3) is 5.91 Å². The Morgan fingerprint density at radius 1 is 1.18 bits per heavy atom. The lowest BCUT2D eigenvalue weighted by molar-refractivity contribution is -0.137. The first-order chi connectivity index (χ1) is 15.6. The molecule has 1 N–H and O–H groups in total. The summed E-state index contributed by atoms with van der Waals surface area (Å²) in [5.74, 6) is -2.07. The number of pyridine rings is 1. The molecule has 1 unspecified atom stereocenters. The summed E-state index contributed by atoms with van der Waals surface area (Å²) in [6.45, 7) is 0. The maximum absolute atomic E-state index is 13.7. The molecule has 4 rings (SSSR count). The van der Waals surface area contributed by atoms with Crippen molar-refractivity contribution in [2.24, 2.45) is 0 Å². The summed E-state index contributed by atoms with van der Waals surface area (Å²) >= 11 is 0. The van der Waals surface area contributed by atoms with Crippen molar-refractivity contribution in [3.05, 3.63) is 70.4 Å². The zero-order valence-corrected chi connectivity index (χ0v) is 16.9. The van der Waals surface area contributed by atoms with Crippen LogP contribution in [0.15, 0.2) is 36.5 Å². The molecule has 2 aromatic heterocycles. The van der Waals surface area contributed by atoms with Crippen LogP contribution in [-0.2, 0) is 23.8 Å². The van der Waals surface area contributed by atoms with Crippen LogP contribution in [0, 0.1) is 5.82 Å². The fraction of sp³-hybridized carbons (Fsp3) is 0.333. The summed E-state index contributed by atoms with van der Waals surface area (Å²) in [5.41, 5.74) is 0.572. The smallest absolute Gasteiger partial charge is 0.343 e. The van der Waals surface area contributed by atoms with Crippen LogP contribution in [0.2, 0.25) is 0 Å². The van der Waals surface area contributed by atoms with Crippen molar-refractivity contribution in [3.8, 4) is 5.82 Å². The normalized spacial score (nSPS) is 16.0. The first-order valence-electron chi connectivity index (χ1n) is 9.97. The minimum absolute atomic E-state index is 0.0142. The van der Waals surface area contributed by atoms with E-state index in [0.29, 0.717) is 48.1 Å². The second-order valence-corrected chi connectivity index (χ2v) is 7.63. The van der Waals surface area contributed by atoms with Crippen LogP contribution < -0.4 is 5.32 Å². The van der Waals surface area contributed by atoms with Crippen LogP contribution in [0.3, 0.4) is 0 Å². The Morgan fingerprint density at radius 3 is 2.70 bits per heavy atom. The predicted molar refractivity (Wildman–Crippen MR) is 103 cm³/mol. The van der Waals surface area contributed by atoms with Gasteiger partial charge in [0.15, 0.2) is 5.82 Å². The van der Waals surface area contributed by atoms with Gasteiger partial charge in [-0.05, 0) is 67.1 Å². The number of fused-ring (bicyclic) bond motifs is 1. The average Bonchev–Trinajstić information content (AvgIpc) is 3.18.